The van der Waals surface area contributed by atoms with Crippen LogP contribution in [0.5, 0.6) is 11.6 Å². The maximum absolute atomic E-state index is 9.68. The number of rotatable bonds is 10. The lowest BCUT2D eigenvalue weighted by molar-refractivity contribution is -0.235. The zero-order valence-corrected chi connectivity index (χ0v) is 23.7. The molecule has 3 aromatic rings. The van der Waals surface area contributed by atoms with Crippen molar-refractivity contribution in [1.29, 1.82) is 5.26 Å². The smallest absolute Gasteiger partial charge is 0.212 e. The van der Waals surface area contributed by atoms with Crippen LogP contribution in [0.25, 0.3) is 16.7 Å². The largest absolute Gasteiger partial charge is 0.491 e. The number of anilines is 1. The summed E-state index contributed by atoms with van der Waals surface area (Å²) in [7, 11) is 1.63. The Kier molecular flexibility index (Phi) is 6.52. The van der Waals surface area contributed by atoms with Gasteiger partial charge in [0, 0.05) is 79.5 Å². The molecular weight excluding hydrogens is 530 g/mol. The van der Waals surface area contributed by atoms with E-state index >= 15 is 0 Å². The molecule has 9 rings (SSSR count). The van der Waals surface area contributed by atoms with Crippen molar-refractivity contribution >= 4 is 11.4 Å². The monoisotopic (exact) mass is 565 g/mol. The fraction of sp³-hybridized carbons (Fsp3) is 0.438. The molecule has 6 heterocycles. The fourth-order valence-corrected chi connectivity index (χ4v) is 7.62. The number of fused-ring (bicyclic) bond motifs is 2. The first kappa shape index (κ1) is 26.7. The lowest BCUT2D eigenvalue weighted by Gasteiger charge is -2.69. The minimum Gasteiger partial charge on any atom is -0.491 e. The van der Waals surface area contributed by atoms with Gasteiger partial charge in [-0.05, 0) is 54.9 Å². The first-order valence-corrected chi connectivity index (χ1v) is 14.5. The second kappa shape index (κ2) is 10.3. The highest BCUT2D eigenvalue weighted by Gasteiger charge is 2.67. The molecule has 2 unspecified atom stereocenters. The molecule has 3 saturated carbocycles. The number of pyridine rings is 3. The van der Waals surface area contributed by atoms with E-state index in [1.54, 1.807) is 13.3 Å². The minimum absolute atomic E-state index is 0.138. The Balaban J connectivity index is 1.04. The number of piperazine rings is 1. The summed E-state index contributed by atoms with van der Waals surface area (Å²) in [6.07, 6.45) is 10.9. The minimum atomic E-state index is 0.138. The summed E-state index contributed by atoms with van der Waals surface area (Å²) >= 11 is 0. The maximum atomic E-state index is 9.68. The number of ether oxygens (including phenoxy) is 2. The van der Waals surface area contributed by atoms with Gasteiger partial charge in [-0.1, -0.05) is 6.07 Å². The van der Waals surface area contributed by atoms with Crippen LogP contribution in [0.3, 0.4) is 0 Å². The Morgan fingerprint density at radius 2 is 1.90 bits per heavy atom. The second-order valence-electron chi connectivity index (χ2n) is 12.5. The number of piperidine rings is 1. The SMILES string of the molecule is COc1ccc(CN2C3CC2CN(c2ccc(-c4cc(OCC56CC(CO)(C5)C6)cnc4/C(C#N)=C\N)cn2)C3)cn1. The molecule has 6 aliphatic rings. The van der Waals surface area contributed by atoms with Crippen molar-refractivity contribution in [1.82, 2.24) is 19.9 Å². The number of hydrogen-bond acceptors (Lipinski definition) is 10. The van der Waals surface area contributed by atoms with Gasteiger partial charge in [0.05, 0.1) is 31.2 Å². The Labute approximate surface area is 245 Å². The van der Waals surface area contributed by atoms with Crippen LogP contribution in [-0.4, -0.2) is 70.5 Å². The van der Waals surface area contributed by atoms with Crippen LogP contribution in [0.1, 0.15) is 36.9 Å². The summed E-state index contributed by atoms with van der Waals surface area (Å²) in [5.74, 6) is 2.23. The Bertz CT molecular complexity index is 1520. The van der Waals surface area contributed by atoms with E-state index in [9.17, 15) is 10.4 Å². The molecule has 0 amide bonds. The molecule has 42 heavy (non-hydrogen) atoms. The molecule has 10 nitrogen and oxygen atoms in total. The fourth-order valence-electron chi connectivity index (χ4n) is 7.62. The van der Waals surface area contributed by atoms with Crippen molar-refractivity contribution in [2.45, 2.75) is 44.3 Å². The molecular formula is C32H35N7O3. The number of allylic oxidation sites excluding steroid dienone is 1. The Morgan fingerprint density at radius 3 is 2.52 bits per heavy atom. The molecule has 3 N–H and O–H groups in total. The van der Waals surface area contributed by atoms with Gasteiger partial charge < -0.3 is 25.2 Å². The summed E-state index contributed by atoms with van der Waals surface area (Å²) in [6.45, 7) is 3.61. The number of hydrogen-bond donors (Lipinski definition) is 2. The predicted molar refractivity (Wildman–Crippen MR) is 157 cm³/mol. The standard InChI is InChI=1S/C32H35N7O3/c1-41-29-5-2-21(10-36-29)13-39-24-6-25(39)15-38(14-24)28-4-3-22(11-35-28)27-7-26(12-37-30(27)23(8-33)9-34)42-20-32-16-31(17-32,18-32)19-40/h2-5,7-8,10-12,24-25,40H,6,13-20,33H2,1H3/b23-8-. The summed E-state index contributed by atoms with van der Waals surface area (Å²) < 4.78 is 11.4. The highest BCUT2D eigenvalue weighted by atomic mass is 16.5. The highest BCUT2D eigenvalue weighted by Crippen LogP contribution is 2.72. The van der Waals surface area contributed by atoms with Gasteiger partial charge in [-0.15, -0.1) is 0 Å². The molecule has 2 atom stereocenters. The third kappa shape index (κ3) is 4.53. The third-order valence-corrected chi connectivity index (χ3v) is 9.63. The van der Waals surface area contributed by atoms with Gasteiger partial charge in [0.2, 0.25) is 5.88 Å². The number of aromatic nitrogens is 3. The van der Waals surface area contributed by atoms with Crippen LogP contribution in [0.4, 0.5) is 5.82 Å². The third-order valence-electron chi connectivity index (χ3n) is 9.63. The maximum Gasteiger partial charge on any atom is 0.212 e. The van der Waals surface area contributed by atoms with Crippen molar-refractivity contribution in [2.24, 2.45) is 16.6 Å². The molecule has 3 aliphatic carbocycles. The average molecular weight is 566 g/mol. The van der Waals surface area contributed by atoms with Crippen LogP contribution >= 0.6 is 0 Å². The van der Waals surface area contributed by atoms with Crippen LogP contribution in [0, 0.1) is 22.2 Å². The van der Waals surface area contributed by atoms with Crippen molar-refractivity contribution in [3.05, 3.63) is 66.4 Å². The van der Waals surface area contributed by atoms with Gasteiger partial charge in [0.1, 0.15) is 17.6 Å². The molecule has 216 valence electrons. The zero-order valence-electron chi connectivity index (χ0n) is 23.7. The van der Waals surface area contributed by atoms with E-state index in [1.165, 1.54) is 18.2 Å². The normalized spacial score (nSPS) is 27.7. The van der Waals surface area contributed by atoms with Crippen LogP contribution in [-0.2, 0) is 6.54 Å². The molecule has 0 spiro atoms. The zero-order chi connectivity index (χ0) is 28.9. The van der Waals surface area contributed by atoms with E-state index in [0.717, 1.165) is 55.8 Å². The van der Waals surface area contributed by atoms with Crippen molar-refractivity contribution in [2.75, 3.05) is 38.3 Å². The van der Waals surface area contributed by atoms with Gasteiger partial charge in [-0.3, -0.25) is 9.88 Å². The van der Waals surface area contributed by atoms with Gasteiger partial charge in [-0.25, -0.2) is 9.97 Å². The quantitative estimate of drug-likeness (QED) is 0.353. The molecule has 3 saturated heterocycles. The van der Waals surface area contributed by atoms with Crippen LogP contribution in [0.15, 0.2) is 55.1 Å². The number of nitrogens with two attached hydrogens (primary N) is 1. The van der Waals surface area contributed by atoms with E-state index in [4.69, 9.17) is 20.2 Å². The number of methoxy groups -OCH3 is 1. The number of aliphatic hydroxyl groups excluding tert-OH is 1. The van der Waals surface area contributed by atoms with Gasteiger partial charge in [-0.2, -0.15) is 5.26 Å². The molecule has 10 heteroatoms. The first-order chi connectivity index (χ1) is 20.5. The summed E-state index contributed by atoms with van der Waals surface area (Å²) in [5, 5.41) is 19.2. The van der Waals surface area contributed by atoms with Crippen molar-refractivity contribution in [3.63, 3.8) is 0 Å². The van der Waals surface area contributed by atoms with Crippen molar-refractivity contribution < 1.29 is 14.6 Å². The van der Waals surface area contributed by atoms with E-state index in [-0.39, 0.29) is 17.4 Å². The molecule has 6 fully saturated rings. The first-order valence-electron chi connectivity index (χ1n) is 14.5. The van der Waals surface area contributed by atoms with E-state index in [0.29, 0.717) is 41.6 Å². The lowest BCUT2D eigenvalue weighted by Crippen LogP contribution is -2.68. The molecule has 0 radical (unpaired) electrons. The molecule has 3 aliphatic heterocycles. The number of aliphatic hydroxyl groups is 1. The lowest BCUT2D eigenvalue weighted by atomic mass is 9.36. The molecule has 0 aromatic carbocycles. The Morgan fingerprint density at radius 1 is 1.10 bits per heavy atom. The number of nitrogens with zero attached hydrogens (tertiary/aromatic N) is 6. The van der Waals surface area contributed by atoms with Gasteiger partial charge >= 0.3 is 0 Å². The summed E-state index contributed by atoms with van der Waals surface area (Å²) in [5.41, 5.74) is 9.70. The molecule has 3 aromatic heterocycles. The Hall–Kier alpha value is -4.20. The second-order valence-corrected chi connectivity index (χ2v) is 12.5. The summed E-state index contributed by atoms with van der Waals surface area (Å²) in [6, 6.07) is 13.1. The van der Waals surface area contributed by atoms with Gasteiger partial charge in [0.15, 0.2) is 0 Å². The molecule has 4 bridgehead atoms. The predicted octanol–water partition coefficient (Wildman–Crippen LogP) is 3.37. The highest BCUT2D eigenvalue weighted by molar-refractivity contribution is 5.85. The number of nitriles is 1. The topological polar surface area (TPSA) is 134 Å². The summed E-state index contributed by atoms with van der Waals surface area (Å²) in [4.78, 5) is 18.7. The van der Waals surface area contributed by atoms with Crippen molar-refractivity contribution in [3.8, 4) is 28.8 Å². The van der Waals surface area contributed by atoms with E-state index in [2.05, 4.69) is 31.9 Å². The van der Waals surface area contributed by atoms with E-state index in [1.807, 2.05) is 36.7 Å². The average Bonchev–Trinajstić information content (AvgIpc) is 3.00. The van der Waals surface area contributed by atoms with E-state index < -0.39 is 0 Å². The van der Waals surface area contributed by atoms with Crippen LogP contribution < -0.4 is 20.1 Å². The van der Waals surface area contributed by atoms with Crippen LogP contribution in [0.2, 0.25) is 0 Å². The van der Waals surface area contributed by atoms with Gasteiger partial charge in [0.25, 0.3) is 0 Å².